The SMILES string of the molecule is FC1(I)CCc2ccccc2C1. The Morgan fingerprint density at radius 2 is 1.92 bits per heavy atom. The van der Waals surface area contributed by atoms with Crippen LogP contribution in [-0.4, -0.2) is 3.68 Å². The van der Waals surface area contributed by atoms with Gasteiger partial charge >= 0.3 is 0 Å². The van der Waals surface area contributed by atoms with Crippen LogP contribution in [0.3, 0.4) is 0 Å². The van der Waals surface area contributed by atoms with Gasteiger partial charge in [0.25, 0.3) is 0 Å². The fourth-order valence-corrected chi connectivity index (χ4v) is 2.34. The summed E-state index contributed by atoms with van der Waals surface area (Å²) in [5.74, 6) is 0. The number of rotatable bonds is 0. The summed E-state index contributed by atoms with van der Waals surface area (Å²) in [7, 11) is 0. The minimum Gasteiger partial charge on any atom is -0.232 e. The molecule has 1 aliphatic carbocycles. The van der Waals surface area contributed by atoms with Crippen molar-refractivity contribution in [1.29, 1.82) is 0 Å². The van der Waals surface area contributed by atoms with Crippen molar-refractivity contribution in [1.82, 2.24) is 0 Å². The quantitative estimate of drug-likeness (QED) is 0.504. The van der Waals surface area contributed by atoms with Crippen LogP contribution in [0.5, 0.6) is 0 Å². The normalized spacial score (nSPS) is 28.2. The van der Waals surface area contributed by atoms with Crippen LogP contribution in [-0.2, 0) is 12.8 Å². The third kappa shape index (κ3) is 1.63. The summed E-state index contributed by atoms with van der Waals surface area (Å²) in [4.78, 5) is 0. The zero-order valence-electron chi connectivity index (χ0n) is 6.69. The number of fused-ring (bicyclic) bond motifs is 1. The van der Waals surface area contributed by atoms with Crippen LogP contribution in [0, 0.1) is 0 Å². The van der Waals surface area contributed by atoms with E-state index < -0.39 is 3.68 Å². The summed E-state index contributed by atoms with van der Waals surface area (Å²) in [6, 6.07) is 8.14. The van der Waals surface area contributed by atoms with E-state index in [1.54, 1.807) is 0 Å². The van der Waals surface area contributed by atoms with Crippen molar-refractivity contribution >= 4 is 22.6 Å². The van der Waals surface area contributed by atoms with Crippen LogP contribution in [0.25, 0.3) is 0 Å². The maximum absolute atomic E-state index is 13.5. The van der Waals surface area contributed by atoms with Crippen molar-refractivity contribution in [3.63, 3.8) is 0 Å². The summed E-state index contributed by atoms with van der Waals surface area (Å²) in [5.41, 5.74) is 2.50. The Bertz CT molecular complexity index is 294. The second-order valence-corrected chi connectivity index (χ2v) is 5.23. The topological polar surface area (TPSA) is 0 Å². The smallest absolute Gasteiger partial charge is 0.165 e. The van der Waals surface area contributed by atoms with Gasteiger partial charge in [0.15, 0.2) is 3.68 Å². The van der Waals surface area contributed by atoms with Crippen molar-refractivity contribution in [3.8, 4) is 0 Å². The lowest BCUT2D eigenvalue weighted by molar-refractivity contribution is 0.280. The standard InChI is InChI=1S/C10H10FI/c11-10(12)6-5-8-3-1-2-4-9(8)7-10/h1-4H,5-7H2. The first-order chi connectivity index (χ1) is 5.67. The molecule has 0 aliphatic heterocycles. The third-order valence-electron chi connectivity index (χ3n) is 2.33. The number of benzene rings is 1. The van der Waals surface area contributed by atoms with Gasteiger partial charge in [0.2, 0.25) is 0 Å². The number of aryl methyl sites for hydroxylation is 1. The highest BCUT2D eigenvalue weighted by Crippen LogP contribution is 2.36. The molecule has 0 amide bonds. The molecule has 1 aromatic carbocycles. The second kappa shape index (κ2) is 2.98. The molecule has 1 aromatic rings. The Balaban J connectivity index is 2.35. The molecule has 2 heteroatoms. The predicted molar refractivity (Wildman–Crippen MR) is 56.3 cm³/mol. The van der Waals surface area contributed by atoms with Crippen LogP contribution in [0.4, 0.5) is 4.39 Å². The van der Waals surface area contributed by atoms with Crippen LogP contribution in [0.15, 0.2) is 24.3 Å². The van der Waals surface area contributed by atoms with Crippen molar-refractivity contribution in [2.45, 2.75) is 22.9 Å². The average Bonchev–Trinajstić information content (AvgIpc) is 2.02. The van der Waals surface area contributed by atoms with Crippen molar-refractivity contribution in [2.75, 3.05) is 0 Å². The zero-order valence-corrected chi connectivity index (χ0v) is 8.84. The Hall–Kier alpha value is -0.120. The molecule has 1 unspecified atom stereocenters. The lowest BCUT2D eigenvalue weighted by Gasteiger charge is -2.25. The van der Waals surface area contributed by atoms with Gasteiger partial charge in [-0.05, 0) is 46.6 Å². The first-order valence-electron chi connectivity index (χ1n) is 4.12. The molecule has 0 heterocycles. The van der Waals surface area contributed by atoms with E-state index >= 15 is 0 Å². The minimum absolute atomic E-state index is 0.573. The zero-order chi connectivity index (χ0) is 8.60. The number of alkyl halides is 2. The summed E-state index contributed by atoms with van der Waals surface area (Å²) < 4.78 is 12.5. The molecule has 0 aromatic heterocycles. The number of hydrogen-bond acceptors (Lipinski definition) is 0. The van der Waals surface area contributed by atoms with E-state index in [1.165, 1.54) is 11.1 Å². The van der Waals surface area contributed by atoms with Gasteiger partial charge in [0, 0.05) is 6.42 Å². The molecule has 0 radical (unpaired) electrons. The van der Waals surface area contributed by atoms with Crippen LogP contribution >= 0.6 is 22.6 Å². The monoisotopic (exact) mass is 276 g/mol. The van der Waals surface area contributed by atoms with Gasteiger partial charge in [0.1, 0.15) is 0 Å². The largest absolute Gasteiger partial charge is 0.232 e. The van der Waals surface area contributed by atoms with E-state index in [0.717, 1.165) is 6.42 Å². The third-order valence-corrected chi connectivity index (χ3v) is 3.25. The average molecular weight is 276 g/mol. The Morgan fingerprint density at radius 1 is 1.25 bits per heavy atom. The molecule has 1 aliphatic rings. The minimum atomic E-state index is -1.01. The van der Waals surface area contributed by atoms with E-state index in [2.05, 4.69) is 6.07 Å². The van der Waals surface area contributed by atoms with Gasteiger partial charge in [-0.1, -0.05) is 24.3 Å². The summed E-state index contributed by atoms with van der Waals surface area (Å²) in [5, 5.41) is 0. The van der Waals surface area contributed by atoms with Crippen LogP contribution < -0.4 is 0 Å². The first kappa shape index (κ1) is 8.48. The molecular formula is C10H10FI. The van der Waals surface area contributed by atoms with Gasteiger partial charge in [0.05, 0.1) is 0 Å². The van der Waals surface area contributed by atoms with Crippen molar-refractivity contribution in [3.05, 3.63) is 35.4 Å². The Labute approximate surface area is 85.3 Å². The molecule has 0 nitrogen and oxygen atoms in total. The Morgan fingerprint density at radius 3 is 2.67 bits per heavy atom. The molecule has 1 atom stereocenters. The maximum Gasteiger partial charge on any atom is 0.165 e. The van der Waals surface area contributed by atoms with E-state index in [-0.39, 0.29) is 0 Å². The number of halogens is 2. The lowest BCUT2D eigenvalue weighted by atomic mass is 9.91. The summed E-state index contributed by atoms with van der Waals surface area (Å²) in [6.07, 6.45) is 2.12. The van der Waals surface area contributed by atoms with E-state index in [4.69, 9.17) is 0 Å². The van der Waals surface area contributed by atoms with Gasteiger partial charge in [-0.2, -0.15) is 0 Å². The summed E-state index contributed by atoms with van der Waals surface area (Å²) in [6.45, 7) is 0. The number of hydrogen-bond donors (Lipinski definition) is 0. The fourth-order valence-electron chi connectivity index (χ4n) is 1.66. The van der Waals surface area contributed by atoms with Gasteiger partial charge in [-0.25, -0.2) is 4.39 Å². The van der Waals surface area contributed by atoms with E-state index in [9.17, 15) is 4.39 Å². The molecule has 2 rings (SSSR count). The maximum atomic E-state index is 13.5. The molecule has 64 valence electrons. The van der Waals surface area contributed by atoms with Gasteiger partial charge < -0.3 is 0 Å². The molecule has 0 saturated heterocycles. The van der Waals surface area contributed by atoms with Crippen LogP contribution in [0.2, 0.25) is 0 Å². The van der Waals surface area contributed by atoms with E-state index in [1.807, 2.05) is 40.8 Å². The predicted octanol–water partition coefficient (Wildman–Crippen LogP) is 3.28. The van der Waals surface area contributed by atoms with Gasteiger partial charge in [-0.15, -0.1) is 0 Å². The molecule has 0 N–H and O–H groups in total. The van der Waals surface area contributed by atoms with Gasteiger partial charge in [-0.3, -0.25) is 0 Å². The summed E-state index contributed by atoms with van der Waals surface area (Å²) >= 11 is 1.92. The molecule has 12 heavy (non-hydrogen) atoms. The lowest BCUT2D eigenvalue weighted by Crippen LogP contribution is -2.23. The molecule has 0 fully saturated rings. The highest BCUT2D eigenvalue weighted by molar-refractivity contribution is 14.1. The molecule has 0 spiro atoms. The highest BCUT2D eigenvalue weighted by atomic mass is 127. The highest BCUT2D eigenvalue weighted by Gasteiger charge is 2.30. The Kier molecular flexibility index (Phi) is 2.10. The van der Waals surface area contributed by atoms with Crippen molar-refractivity contribution < 1.29 is 4.39 Å². The second-order valence-electron chi connectivity index (χ2n) is 3.30. The molecular weight excluding hydrogens is 266 g/mol. The fraction of sp³-hybridized carbons (Fsp3) is 0.400. The molecule has 0 bridgehead atoms. The van der Waals surface area contributed by atoms with Crippen LogP contribution in [0.1, 0.15) is 17.5 Å². The van der Waals surface area contributed by atoms with Crippen molar-refractivity contribution in [2.24, 2.45) is 0 Å². The first-order valence-corrected chi connectivity index (χ1v) is 5.20. The van der Waals surface area contributed by atoms with E-state index in [0.29, 0.717) is 12.8 Å². The molecule has 0 saturated carbocycles.